The summed E-state index contributed by atoms with van der Waals surface area (Å²) < 4.78 is 31.5. The molecule has 0 aliphatic carbocycles. The zero-order valence-corrected chi connectivity index (χ0v) is 15.8. The molecule has 0 aliphatic heterocycles. The van der Waals surface area contributed by atoms with Crippen LogP contribution in [0.1, 0.15) is 29.3 Å². The van der Waals surface area contributed by atoms with Crippen LogP contribution in [0, 0.1) is 0 Å². The fourth-order valence-corrected chi connectivity index (χ4v) is 3.58. The van der Waals surface area contributed by atoms with E-state index < -0.39 is 10.0 Å². The molecule has 0 unspecified atom stereocenters. The summed E-state index contributed by atoms with van der Waals surface area (Å²) in [5, 5.41) is 2.79. The monoisotopic (exact) mass is 376 g/mol. The number of sulfonamides is 1. The molecule has 2 aromatic rings. The quantitative estimate of drug-likeness (QED) is 0.703. The van der Waals surface area contributed by atoms with Crippen molar-refractivity contribution < 1.29 is 17.9 Å². The number of anilines is 2. The number of ether oxygens (including phenoxy) is 1. The topological polar surface area (TPSA) is 84.5 Å². The van der Waals surface area contributed by atoms with Gasteiger partial charge in [0.25, 0.3) is 5.91 Å². The van der Waals surface area contributed by atoms with Crippen molar-refractivity contribution >= 4 is 27.3 Å². The van der Waals surface area contributed by atoms with Crippen LogP contribution in [0.25, 0.3) is 0 Å². The largest absolute Gasteiger partial charge is 0.384 e. The molecule has 2 aromatic carbocycles. The van der Waals surface area contributed by atoms with Gasteiger partial charge in [-0.05, 0) is 42.7 Å². The van der Waals surface area contributed by atoms with Crippen LogP contribution in [0.2, 0.25) is 0 Å². The first-order valence-electron chi connectivity index (χ1n) is 8.44. The maximum absolute atomic E-state index is 12.6. The fraction of sp³-hybridized carbons (Fsp3) is 0.316. The third-order valence-electron chi connectivity index (χ3n) is 3.72. The Morgan fingerprint density at radius 3 is 2.42 bits per heavy atom. The Hall–Kier alpha value is -2.38. The Bertz CT molecular complexity index is 833. The Kier molecular flexibility index (Phi) is 7.17. The van der Waals surface area contributed by atoms with Crippen LogP contribution in [-0.2, 0) is 21.2 Å². The van der Waals surface area contributed by atoms with E-state index in [1.165, 1.54) is 0 Å². The number of carbonyl (C=O) groups is 1. The first kappa shape index (κ1) is 19.9. The Labute approximate surface area is 154 Å². The highest BCUT2D eigenvalue weighted by Gasteiger charge is 2.16. The number of methoxy groups -OCH3 is 1. The summed E-state index contributed by atoms with van der Waals surface area (Å²) in [6.07, 6.45) is 1.30. The number of carbonyl (C=O) groups excluding carboxylic acids is 1. The minimum Gasteiger partial charge on any atom is -0.384 e. The number of amides is 1. The summed E-state index contributed by atoms with van der Waals surface area (Å²) in [6.45, 7) is 2.42. The van der Waals surface area contributed by atoms with Crippen LogP contribution in [0.15, 0.2) is 48.5 Å². The summed E-state index contributed by atoms with van der Waals surface area (Å²) in [5.41, 5.74) is 2.30. The third kappa shape index (κ3) is 5.86. The molecule has 0 heterocycles. The highest BCUT2D eigenvalue weighted by atomic mass is 32.2. The van der Waals surface area contributed by atoms with E-state index in [2.05, 4.69) is 10.0 Å². The first-order valence-corrected chi connectivity index (χ1v) is 10.1. The molecule has 7 heteroatoms. The predicted octanol–water partition coefficient (Wildman–Crippen LogP) is 3.28. The smallest absolute Gasteiger partial charge is 0.257 e. The third-order valence-corrected chi connectivity index (χ3v) is 5.19. The second kappa shape index (κ2) is 9.35. The highest BCUT2D eigenvalue weighted by Crippen LogP contribution is 2.19. The van der Waals surface area contributed by atoms with Crippen molar-refractivity contribution in [1.29, 1.82) is 0 Å². The van der Waals surface area contributed by atoms with E-state index in [9.17, 15) is 13.2 Å². The molecule has 140 valence electrons. The number of hydrogen-bond acceptors (Lipinski definition) is 4. The maximum Gasteiger partial charge on any atom is 0.257 e. The SMILES string of the molecule is CCCS(=O)(=O)Nc1ccccc1C(=O)Nc1ccc(CCOC)cc1. The minimum absolute atomic E-state index is 0.00584. The van der Waals surface area contributed by atoms with Gasteiger partial charge in [0.15, 0.2) is 0 Å². The van der Waals surface area contributed by atoms with E-state index in [-0.39, 0.29) is 22.9 Å². The zero-order chi connectivity index (χ0) is 19.0. The molecule has 0 bridgehead atoms. The van der Waals surface area contributed by atoms with Crippen LogP contribution < -0.4 is 10.0 Å². The molecule has 0 atom stereocenters. The normalized spacial score (nSPS) is 11.2. The van der Waals surface area contributed by atoms with E-state index in [0.29, 0.717) is 18.7 Å². The molecule has 6 nitrogen and oxygen atoms in total. The number of hydrogen-bond donors (Lipinski definition) is 2. The average Bonchev–Trinajstić information content (AvgIpc) is 2.61. The number of benzene rings is 2. The van der Waals surface area contributed by atoms with Gasteiger partial charge in [0.1, 0.15) is 0 Å². The predicted molar refractivity (Wildman–Crippen MR) is 104 cm³/mol. The van der Waals surface area contributed by atoms with Crippen molar-refractivity contribution in [2.75, 3.05) is 29.5 Å². The summed E-state index contributed by atoms with van der Waals surface area (Å²) in [6, 6.07) is 14.0. The van der Waals surface area contributed by atoms with E-state index in [0.717, 1.165) is 12.0 Å². The fourth-order valence-electron chi connectivity index (χ4n) is 2.43. The van der Waals surface area contributed by atoms with Crippen molar-refractivity contribution in [2.24, 2.45) is 0 Å². The molecule has 0 saturated heterocycles. The van der Waals surface area contributed by atoms with Crippen molar-refractivity contribution in [1.82, 2.24) is 0 Å². The van der Waals surface area contributed by atoms with Crippen LogP contribution in [0.3, 0.4) is 0 Å². The van der Waals surface area contributed by atoms with E-state index in [1.54, 1.807) is 38.3 Å². The van der Waals surface area contributed by atoms with Crippen molar-refractivity contribution in [3.63, 3.8) is 0 Å². The lowest BCUT2D eigenvalue weighted by molar-refractivity contribution is 0.102. The average molecular weight is 376 g/mol. The van der Waals surface area contributed by atoms with Crippen LogP contribution in [0.4, 0.5) is 11.4 Å². The number of para-hydroxylation sites is 1. The molecule has 0 saturated carbocycles. The van der Waals surface area contributed by atoms with Gasteiger partial charge in [-0.3, -0.25) is 9.52 Å². The summed E-state index contributed by atoms with van der Waals surface area (Å²) in [4.78, 5) is 12.6. The standard InChI is InChI=1S/C19H24N2O4S/c1-3-14-26(23,24)21-18-7-5-4-6-17(18)19(22)20-16-10-8-15(9-11-16)12-13-25-2/h4-11,21H,3,12-14H2,1-2H3,(H,20,22). The molecule has 0 aliphatic rings. The van der Waals surface area contributed by atoms with E-state index in [1.807, 2.05) is 24.3 Å². The first-order chi connectivity index (χ1) is 12.4. The molecule has 26 heavy (non-hydrogen) atoms. The molecule has 0 aromatic heterocycles. The molecule has 2 rings (SSSR count). The zero-order valence-electron chi connectivity index (χ0n) is 15.0. The molecular weight excluding hydrogens is 352 g/mol. The molecule has 0 fully saturated rings. The van der Waals surface area contributed by atoms with Crippen molar-refractivity contribution in [3.05, 3.63) is 59.7 Å². The van der Waals surface area contributed by atoms with Gasteiger partial charge in [-0.2, -0.15) is 0 Å². The van der Waals surface area contributed by atoms with Gasteiger partial charge in [0.2, 0.25) is 10.0 Å². The lowest BCUT2D eigenvalue weighted by atomic mass is 10.1. The minimum atomic E-state index is -3.47. The Morgan fingerprint density at radius 2 is 1.77 bits per heavy atom. The lowest BCUT2D eigenvalue weighted by Crippen LogP contribution is -2.20. The molecule has 2 N–H and O–H groups in total. The highest BCUT2D eigenvalue weighted by molar-refractivity contribution is 7.92. The Balaban J connectivity index is 2.12. The Morgan fingerprint density at radius 1 is 1.08 bits per heavy atom. The second-order valence-corrected chi connectivity index (χ2v) is 7.70. The summed E-state index contributed by atoms with van der Waals surface area (Å²) >= 11 is 0. The van der Waals surface area contributed by atoms with Gasteiger partial charge in [-0.1, -0.05) is 31.2 Å². The lowest BCUT2D eigenvalue weighted by Gasteiger charge is -2.12. The molecule has 0 spiro atoms. The van der Waals surface area contributed by atoms with Crippen molar-refractivity contribution in [2.45, 2.75) is 19.8 Å². The van der Waals surface area contributed by atoms with Gasteiger partial charge in [0, 0.05) is 12.8 Å². The molecule has 1 amide bonds. The van der Waals surface area contributed by atoms with Crippen LogP contribution in [0.5, 0.6) is 0 Å². The maximum atomic E-state index is 12.6. The van der Waals surface area contributed by atoms with Gasteiger partial charge in [-0.15, -0.1) is 0 Å². The number of rotatable bonds is 9. The van der Waals surface area contributed by atoms with Gasteiger partial charge in [0.05, 0.1) is 23.6 Å². The number of nitrogens with one attached hydrogen (secondary N) is 2. The van der Waals surface area contributed by atoms with Gasteiger partial charge < -0.3 is 10.1 Å². The van der Waals surface area contributed by atoms with Gasteiger partial charge in [-0.25, -0.2) is 8.42 Å². The van der Waals surface area contributed by atoms with Crippen molar-refractivity contribution in [3.8, 4) is 0 Å². The van der Waals surface area contributed by atoms with E-state index in [4.69, 9.17) is 4.74 Å². The summed E-state index contributed by atoms with van der Waals surface area (Å²) in [5.74, 6) is -0.365. The van der Waals surface area contributed by atoms with Crippen LogP contribution in [-0.4, -0.2) is 33.8 Å². The second-order valence-electron chi connectivity index (χ2n) is 5.86. The molecular formula is C19H24N2O4S. The van der Waals surface area contributed by atoms with Gasteiger partial charge >= 0.3 is 0 Å². The molecule has 0 radical (unpaired) electrons. The van der Waals surface area contributed by atoms with Crippen LogP contribution >= 0.6 is 0 Å². The van der Waals surface area contributed by atoms with E-state index >= 15 is 0 Å². The summed E-state index contributed by atoms with van der Waals surface area (Å²) in [7, 11) is -1.82.